The van der Waals surface area contributed by atoms with Crippen molar-refractivity contribution in [2.45, 2.75) is 32.4 Å². The van der Waals surface area contributed by atoms with Gasteiger partial charge in [-0.2, -0.15) is 13.2 Å². The molecule has 0 saturated carbocycles. The van der Waals surface area contributed by atoms with Gasteiger partial charge in [-0.05, 0) is 29.2 Å². The number of amides is 1. The van der Waals surface area contributed by atoms with Crippen molar-refractivity contribution >= 4 is 11.6 Å². The maximum Gasteiger partial charge on any atom is 0.417 e. The largest absolute Gasteiger partial charge is 0.417 e. The van der Waals surface area contributed by atoms with E-state index in [1.54, 1.807) is 20.8 Å². The first kappa shape index (κ1) is 15.3. The smallest absolute Gasteiger partial charge is 0.322 e. The maximum atomic E-state index is 12.8. The molecule has 0 aliphatic carbocycles. The number of alkyl halides is 3. The van der Waals surface area contributed by atoms with Gasteiger partial charge in [0.25, 0.3) is 0 Å². The summed E-state index contributed by atoms with van der Waals surface area (Å²) in [6, 6.07) is 4.69. The highest BCUT2D eigenvalue weighted by atomic mass is 19.4. The molecule has 0 bridgehead atoms. The molecule has 0 spiro atoms. The monoisotopic (exact) mass is 270 g/mol. The van der Waals surface area contributed by atoms with Crippen molar-refractivity contribution in [1.82, 2.24) is 0 Å². The van der Waals surface area contributed by atoms with Crippen LogP contribution in [0.4, 0.5) is 18.9 Å². The lowest BCUT2D eigenvalue weighted by atomic mass is 9.85. The van der Waals surface area contributed by atoms with E-state index in [2.05, 4.69) is 18.0 Å². The van der Waals surface area contributed by atoms with Gasteiger partial charge >= 0.3 is 6.18 Å². The normalized spacial score (nSPS) is 12.1. The molecule has 0 saturated heterocycles. The quantitative estimate of drug-likeness (QED) is 0.811. The molecule has 0 fully saturated rings. The summed E-state index contributed by atoms with van der Waals surface area (Å²) in [6.45, 7) is 8.63. The van der Waals surface area contributed by atoms with Crippen molar-refractivity contribution < 1.29 is 18.0 Å². The van der Waals surface area contributed by atoms with Gasteiger partial charge in [-0.15, -0.1) is 0 Å². The molecule has 0 atom stereocenters. The Labute approximate surface area is 110 Å². The summed E-state index contributed by atoms with van der Waals surface area (Å²) in [5.41, 5.74) is -0.912. The van der Waals surface area contributed by atoms with Crippen LogP contribution in [-0.4, -0.2) is 5.91 Å². The van der Waals surface area contributed by atoms with Crippen molar-refractivity contribution in [2.24, 2.45) is 0 Å². The molecular formula is C14H15F3NO. The van der Waals surface area contributed by atoms with Crippen molar-refractivity contribution in [3.05, 3.63) is 42.0 Å². The summed E-state index contributed by atoms with van der Waals surface area (Å²) in [4.78, 5) is 11.2. The first-order chi connectivity index (χ1) is 8.54. The molecule has 0 aromatic heterocycles. The van der Waals surface area contributed by atoms with E-state index in [4.69, 9.17) is 0 Å². The lowest BCUT2D eigenvalue weighted by molar-refractivity contribution is -0.137. The van der Waals surface area contributed by atoms with Gasteiger partial charge in [0.2, 0.25) is 5.91 Å². The van der Waals surface area contributed by atoms with E-state index < -0.39 is 23.1 Å². The zero-order valence-electron chi connectivity index (χ0n) is 11.0. The molecule has 103 valence electrons. The van der Waals surface area contributed by atoms with E-state index in [1.165, 1.54) is 6.07 Å². The Hall–Kier alpha value is -1.78. The van der Waals surface area contributed by atoms with Gasteiger partial charge in [0.05, 0.1) is 5.56 Å². The minimum absolute atomic E-state index is 0.00958. The summed E-state index contributed by atoms with van der Waals surface area (Å²) in [5, 5.41) is 2.30. The van der Waals surface area contributed by atoms with Crippen molar-refractivity contribution in [2.75, 3.05) is 5.32 Å². The second-order valence-electron chi connectivity index (χ2n) is 5.14. The van der Waals surface area contributed by atoms with E-state index in [0.29, 0.717) is 5.56 Å². The van der Waals surface area contributed by atoms with Crippen LogP contribution < -0.4 is 5.32 Å². The molecule has 5 heteroatoms. The van der Waals surface area contributed by atoms with Crippen LogP contribution in [0.5, 0.6) is 0 Å². The van der Waals surface area contributed by atoms with Gasteiger partial charge in [0, 0.05) is 11.8 Å². The van der Waals surface area contributed by atoms with Crippen LogP contribution in [0.1, 0.15) is 31.9 Å². The molecule has 0 aliphatic rings. The van der Waals surface area contributed by atoms with Crippen LogP contribution >= 0.6 is 0 Å². The fraction of sp³-hybridized carbons (Fsp3) is 0.357. The topological polar surface area (TPSA) is 29.1 Å². The molecule has 0 aliphatic heterocycles. The van der Waals surface area contributed by atoms with Crippen molar-refractivity contribution in [1.29, 1.82) is 0 Å². The van der Waals surface area contributed by atoms with Gasteiger partial charge in [-0.1, -0.05) is 27.4 Å². The number of hydrogen-bond donors (Lipinski definition) is 1. The van der Waals surface area contributed by atoms with Crippen LogP contribution in [0.15, 0.2) is 24.8 Å². The molecule has 0 unspecified atom stereocenters. The van der Waals surface area contributed by atoms with Gasteiger partial charge in [0.15, 0.2) is 0 Å². The fourth-order valence-electron chi connectivity index (χ4n) is 1.41. The molecule has 1 radical (unpaired) electrons. The second kappa shape index (κ2) is 5.07. The summed E-state index contributed by atoms with van der Waals surface area (Å²) in [5.74, 6) is -0.574. The number of halogens is 3. The maximum absolute atomic E-state index is 12.8. The molecule has 19 heavy (non-hydrogen) atoms. The Kier molecular flexibility index (Phi) is 4.08. The average Bonchev–Trinajstić information content (AvgIpc) is 2.26. The summed E-state index contributed by atoms with van der Waals surface area (Å²) >= 11 is 0. The van der Waals surface area contributed by atoms with E-state index in [-0.39, 0.29) is 5.69 Å². The van der Waals surface area contributed by atoms with Crippen LogP contribution in [0.2, 0.25) is 0 Å². The lowest BCUT2D eigenvalue weighted by Gasteiger charge is -2.21. The number of anilines is 1. The SMILES string of the molecule is C=CC(=O)Nc1[c]c(C(F)(F)F)cc(C(C)(C)C)c1. The third-order valence-corrected chi connectivity index (χ3v) is 2.48. The Balaban J connectivity index is 3.32. The Morgan fingerprint density at radius 1 is 1.32 bits per heavy atom. The first-order valence-corrected chi connectivity index (χ1v) is 5.62. The van der Waals surface area contributed by atoms with Crippen LogP contribution in [0.3, 0.4) is 0 Å². The summed E-state index contributed by atoms with van der Waals surface area (Å²) in [6.07, 6.45) is -3.51. The van der Waals surface area contributed by atoms with Gasteiger partial charge in [0.1, 0.15) is 0 Å². The standard InChI is InChI=1S/C14H15F3NO/c1-5-12(19)18-11-7-9(13(2,3)4)6-10(8-11)14(15,16)17/h5-7H,1H2,2-4H3,(H,18,19). The van der Waals surface area contributed by atoms with Crippen LogP contribution in [-0.2, 0) is 16.4 Å². The third kappa shape index (κ3) is 4.12. The van der Waals surface area contributed by atoms with Crippen molar-refractivity contribution in [3.8, 4) is 0 Å². The predicted octanol–water partition coefficient (Wildman–Crippen LogP) is 3.93. The van der Waals surface area contributed by atoms with E-state index in [1.807, 2.05) is 0 Å². The molecule has 1 N–H and O–H groups in total. The van der Waals surface area contributed by atoms with Crippen LogP contribution in [0, 0.1) is 6.07 Å². The number of rotatable bonds is 2. The molecule has 1 rings (SSSR count). The Morgan fingerprint density at radius 2 is 1.89 bits per heavy atom. The summed E-state index contributed by atoms with van der Waals surface area (Å²) < 4.78 is 38.4. The first-order valence-electron chi connectivity index (χ1n) is 5.62. The fourth-order valence-corrected chi connectivity index (χ4v) is 1.41. The van der Waals surface area contributed by atoms with Gasteiger partial charge in [-0.3, -0.25) is 4.79 Å². The number of hydrogen-bond acceptors (Lipinski definition) is 1. The van der Waals surface area contributed by atoms with Gasteiger partial charge in [-0.25, -0.2) is 0 Å². The number of benzene rings is 1. The van der Waals surface area contributed by atoms with E-state index in [0.717, 1.165) is 12.1 Å². The zero-order chi connectivity index (χ0) is 14.8. The van der Waals surface area contributed by atoms with Crippen molar-refractivity contribution in [3.63, 3.8) is 0 Å². The third-order valence-electron chi connectivity index (χ3n) is 2.48. The molecule has 1 amide bonds. The predicted molar refractivity (Wildman–Crippen MR) is 67.8 cm³/mol. The Bertz CT molecular complexity index is 466. The highest BCUT2D eigenvalue weighted by Crippen LogP contribution is 2.34. The lowest BCUT2D eigenvalue weighted by Crippen LogP contribution is -2.16. The Morgan fingerprint density at radius 3 is 2.32 bits per heavy atom. The molecule has 1 aromatic carbocycles. The number of nitrogens with one attached hydrogen (secondary N) is 1. The van der Waals surface area contributed by atoms with E-state index >= 15 is 0 Å². The molecular weight excluding hydrogens is 255 g/mol. The van der Waals surface area contributed by atoms with Gasteiger partial charge < -0.3 is 5.32 Å². The molecule has 1 aromatic rings. The number of carbonyl (C=O) groups is 1. The summed E-state index contributed by atoms with van der Waals surface area (Å²) in [7, 11) is 0. The second-order valence-corrected chi connectivity index (χ2v) is 5.14. The minimum Gasteiger partial charge on any atom is -0.322 e. The van der Waals surface area contributed by atoms with Crippen LogP contribution in [0.25, 0.3) is 0 Å². The molecule has 2 nitrogen and oxygen atoms in total. The molecule has 0 heterocycles. The number of carbonyl (C=O) groups excluding carboxylic acids is 1. The zero-order valence-corrected chi connectivity index (χ0v) is 11.0. The minimum atomic E-state index is -4.51. The van der Waals surface area contributed by atoms with E-state index in [9.17, 15) is 18.0 Å². The average molecular weight is 270 g/mol. The highest BCUT2D eigenvalue weighted by molar-refractivity contribution is 5.98. The highest BCUT2D eigenvalue weighted by Gasteiger charge is 2.32.